The zero-order valence-corrected chi connectivity index (χ0v) is 11.5. The van der Waals surface area contributed by atoms with Gasteiger partial charge in [0.2, 0.25) is 0 Å². The number of H-pyrrole nitrogens is 1. The molecule has 3 rings (SSSR count). The Morgan fingerprint density at radius 1 is 1.23 bits per heavy atom. The number of aromatic amines is 1. The number of nitrogens with one attached hydrogen (secondary N) is 2. The number of hydrogen-bond donors (Lipinski definition) is 6. The minimum absolute atomic E-state index is 0.0672. The lowest BCUT2D eigenvalue weighted by Crippen LogP contribution is -2.58. The molecule has 0 amide bonds. The molecule has 0 bridgehead atoms. The van der Waals surface area contributed by atoms with Crippen LogP contribution in [0.1, 0.15) is 18.2 Å². The maximum Gasteiger partial charge on any atom is 0.329 e. The van der Waals surface area contributed by atoms with Crippen LogP contribution in [-0.4, -0.2) is 43.4 Å². The van der Waals surface area contributed by atoms with Crippen LogP contribution in [0.2, 0.25) is 0 Å². The number of carboxylic acids is 2. The Morgan fingerprint density at radius 2 is 1.86 bits per heavy atom. The second kappa shape index (κ2) is 4.38. The fourth-order valence-corrected chi connectivity index (χ4v) is 2.91. The van der Waals surface area contributed by atoms with E-state index in [0.29, 0.717) is 22.2 Å². The molecule has 2 aromatic rings. The van der Waals surface area contributed by atoms with E-state index < -0.39 is 23.5 Å². The predicted octanol–water partition coefficient (Wildman–Crippen LogP) is 0.478. The van der Waals surface area contributed by atoms with Crippen LogP contribution >= 0.6 is 0 Å². The molecule has 8 heteroatoms. The molecule has 2 heterocycles. The molecule has 0 saturated heterocycles. The number of carboxylic acid groups (broad SMARTS) is 2. The van der Waals surface area contributed by atoms with Crippen LogP contribution in [0.5, 0.6) is 11.5 Å². The van der Waals surface area contributed by atoms with Gasteiger partial charge in [-0.15, -0.1) is 0 Å². The lowest BCUT2D eigenvalue weighted by molar-refractivity contribution is -0.148. The van der Waals surface area contributed by atoms with Gasteiger partial charge >= 0.3 is 11.9 Å². The standard InChI is InChI=1S/C14H14N2O6/c1-14(13(21)22)11-6(2-8(16-14)12(19)20)5-3-9(17)10(18)4-7(5)15-11/h3-4,8,15-18H,2H2,1H3,(H,19,20)(H,21,22). The number of rotatable bonds is 2. The third kappa shape index (κ3) is 1.81. The molecule has 0 saturated carbocycles. The Bertz CT molecular complexity index is 811. The lowest BCUT2D eigenvalue weighted by Gasteiger charge is -2.34. The van der Waals surface area contributed by atoms with Crippen molar-refractivity contribution < 1.29 is 30.0 Å². The quantitative estimate of drug-likeness (QED) is 0.443. The second-order valence-corrected chi connectivity index (χ2v) is 5.53. The average molecular weight is 306 g/mol. The molecule has 1 aliphatic rings. The molecule has 2 unspecified atom stereocenters. The lowest BCUT2D eigenvalue weighted by atomic mass is 9.85. The van der Waals surface area contributed by atoms with Crippen molar-refractivity contribution in [2.45, 2.75) is 24.9 Å². The van der Waals surface area contributed by atoms with Crippen LogP contribution < -0.4 is 5.32 Å². The number of fused-ring (bicyclic) bond motifs is 3. The van der Waals surface area contributed by atoms with Gasteiger partial charge in [0.15, 0.2) is 17.0 Å². The average Bonchev–Trinajstić information content (AvgIpc) is 2.78. The molecule has 6 N–H and O–H groups in total. The van der Waals surface area contributed by atoms with E-state index in [1.54, 1.807) is 0 Å². The van der Waals surface area contributed by atoms with Gasteiger partial charge in [0.1, 0.15) is 6.04 Å². The van der Waals surface area contributed by atoms with Crippen molar-refractivity contribution in [2.24, 2.45) is 0 Å². The molecule has 1 aromatic heterocycles. The van der Waals surface area contributed by atoms with Gasteiger partial charge in [0, 0.05) is 23.4 Å². The molecule has 116 valence electrons. The van der Waals surface area contributed by atoms with Crippen molar-refractivity contribution in [3.8, 4) is 11.5 Å². The van der Waals surface area contributed by atoms with Crippen LogP contribution in [0.15, 0.2) is 12.1 Å². The highest BCUT2D eigenvalue weighted by Gasteiger charge is 2.46. The Morgan fingerprint density at radius 3 is 2.45 bits per heavy atom. The predicted molar refractivity (Wildman–Crippen MR) is 74.9 cm³/mol. The topological polar surface area (TPSA) is 143 Å². The minimum atomic E-state index is -1.61. The number of carbonyl (C=O) groups is 2. The zero-order valence-electron chi connectivity index (χ0n) is 11.5. The SMILES string of the molecule is CC1(C(=O)O)NC(C(=O)O)Cc2c1[nH]c1cc(O)c(O)cc21. The van der Waals surface area contributed by atoms with Gasteiger partial charge in [-0.1, -0.05) is 0 Å². The molecule has 8 nitrogen and oxygen atoms in total. The summed E-state index contributed by atoms with van der Waals surface area (Å²) in [4.78, 5) is 25.9. The Balaban J connectivity index is 2.31. The smallest absolute Gasteiger partial charge is 0.329 e. The Hall–Kier alpha value is -2.74. The number of aliphatic carboxylic acids is 2. The van der Waals surface area contributed by atoms with E-state index >= 15 is 0 Å². The van der Waals surface area contributed by atoms with Crippen LogP contribution in [0.4, 0.5) is 0 Å². The summed E-state index contributed by atoms with van der Waals surface area (Å²) >= 11 is 0. The van der Waals surface area contributed by atoms with Crippen molar-refractivity contribution in [3.63, 3.8) is 0 Å². The van der Waals surface area contributed by atoms with Crippen molar-refractivity contribution in [2.75, 3.05) is 0 Å². The molecular weight excluding hydrogens is 292 g/mol. The first-order valence-electron chi connectivity index (χ1n) is 6.55. The van der Waals surface area contributed by atoms with E-state index in [2.05, 4.69) is 10.3 Å². The highest BCUT2D eigenvalue weighted by atomic mass is 16.4. The number of aromatic nitrogens is 1. The molecule has 2 atom stereocenters. The fraction of sp³-hybridized carbons (Fsp3) is 0.286. The van der Waals surface area contributed by atoms with Gasteiger partial charge in [-0.2, -0.15) is 0 Å². The van der Waals surface area contributed by atoms with Crippen LogP contribution in [0.3, 0.4) is 0 Å². The summed E-state index contributed by atoms with van der Waals surface area (Å²) < 4.78 is 0. The van der Waals surface area contributed by atoms with Crippen molar-refractivity contribution in [1.82, 2.24) is 10.3 Å². The minimum Gasteiger partial charge on any atom is -0.504 e. The van der Waals surface area contributed by atoms with E-state index in [-0.39, 0.29) is 17.9 Å². The van der Waals surface area contributed by atoms with Crippen molar-refractivity contribution in [1.29, 1.82) is 0 Å². The van der Waals surface area contributed by atoms with E-state index in [4.69, 9.17) is 0 Å². The number of benzene rings is 1. The molecule has 0 aliphatic carbocycles. The second-order valence-electron chi connectivity index (χ2n) is 5.53. The Kier molecular flexibility index (Phi) is 2.83. The highest BCUT2D eigenvalue weighted by Crippen LogP contribution is 2.39. The number of phenols is 2. The molecule has 0 radical (unpaired) electrons. The van der Waals surface area contributed by atoms with Crippen molar-refractivity contribution >= 4 is 22.8 Å². The summed E-state index contributed by atoms with van der Waals surface area (Å²) in [6.07, 6.45) is 0.0672. The third-order valence-corrected chi connectivity index (χ3v) is 4.10. The number of phenolic OH excluding ortho intramolecular Hbond substituents is 2. The zero-order chi connectivity index (χ0) is 16.2. The third-order valence-electron chi connectivity index (χ3n) is 4.10. The van der Waals surface area contributed by atoms with Crippen LogP contribution in [0.25, 0.3) is 10.9 Å². The highest BCUT2D eigenvalue weighted by molar-refractivity contribution is 5.93. The molecular formula is C14H14N2O6. The summed E-state index contributed by atoms with van der Waals surface area (Å²) in [7, 11) is 0. The van der Waals surface area contributed by atoms with Gasteiger partial charge < -0.3 is 25.4 Å². The largest absolute Gasteiger partial charge is 0.504 e. The first-order chi connectivity index (χ1) is 10.2. The van der Waals surface area contributed by atoms with Crippen LogP contribution in [0, 0.1) is 0 Å². The molecule has 1 aromatic carbocycles. The van der Waals surface area contributed by atoms with Gasteiger partial charge in [0.25, 0.3) is 0 Å². The van der Waals surface area contributed by atoms with E-state index in [0.717, 1.165) is 0 Å². The fourth-order valence-electron chi connectivity index (χ4n) is 2.91. The Labute approximate surface area is 124 Å². The first-order valence-corrected chi connectivity index (χ1v) is 6.55. The van der Waals surface area contributed by atoms with E-state index in [9.17, 15) is 30.0 Å². The van der Waals surface area contributed by atoms with Crippen LogP contribution in [-0.2, 0) is 21.5 Å². The molecule has 0 fully saturated rings. The monoisotopic (exact) mass is 306 g/mol. The summed E-state index contributed by atoms with van der Waals surface area (Å²) in [5, 5.41) is 41.0. The van der Waals surface area contributed by atoms with E-state index in [1.807, 2.05) is 0 Å². The molecule has 1 aliphatic heterocycles. The van der Waals surface area contributed by atoms with E-state index in [1.165, 1.54) is 19.1 Å². The normalized spacial score (nSPS) is 24.1. The summed E-state index contributed by atoms with van der Waals surface area (Å²) in [5.74, 6) is -3.07. The molecule has 0 spiro atoms. The van der Waals surface area contributed by atoms with Gasteiger partial charge in [-0.25, -0.2) is 4.79 Å². The summed E-state index contributed by atoms with van der Waals surface area (Å²) in [5.41, 5.74) is -0.361. The van der Waals surface area contributed by atoms with Gasteiger partial charge in [-0.05, 0) is 18.6 Å². The summed E-state index contributed by atoms with van der Waals surface area (Å²) in [6, 6.07) is 1.51. The maximum absolute atomic E-state index is 11.6. The molecule has 22 heavy (non-hydrogen) atoms. The number of hydrogen-bond acceptors (Lipinski definition) is 5. The van der Waals surface area contributed by atoms with Crippen molar-refractivity contribution in [3.05, 3.63) is 23.4 Å². The number of aromatic hydroxyl groups is 2. The first kappa shape index (κ1) is 14.2. The van der Waals surface area contributed by atoms with Gasteiger partial charge in [0.05, 0.1) is 5.69 Å². The maximum atomic E-state index is 11.6. The van der Waals surface area contributed by atoms with Gasteiger partial charge in [-0.3, -0.25) is 10.1 Å². The summed E-state index contributed by atoms with van der Waals surface area (Å²) in [6.45, 7) is 1.37.